The van der Waals surface area contributed by atoms with Crippen LogP contribution in [0.15, 0.2) is 46.1 Å². The van der Waals surface area contributed by atoms with E-state index < -0.39 is 0 Å². The molecule has 0 saturated heterocycles. The first-order valence-corrected chi connectivity index (χ1v) is 9.94. The molecule has 0 fully saturated rings. The Morgan fingerprint density at radius 3 is 2.89 bits per heavy atom. The summed E-state index contributed by atoms with van der Waals surface area (Å²) in [5.41, 5.74) is 3.63. The molecule has 1 aliphatic heterocycles. The second kappa shape index (κ2) is 10.7. The molecule has 0 spiro atoms. The summed E-state index contributed by atoms with van der Waals surface area (Å²) in [7, 11) is 3.82. The SMILES string of the molecule is CN=C(NCCCC(=O)N1CCc2ccccc21)N(C)Cc1ccsc1.I. The van der Waals surface area contributed by atoms with Crippen LogP contribution in [-0.4, -0.2) is 44.0 Å². The average Bonchev–Trinajstić information content (AvgIpc) is 3.31. The van der Waals surface area contributed by atoms with Crippen LogP contribution in [0.1, 0.15) is 24.0 Å². The number of carbonyl (C=O) groups is 1. The van der Waals surface area contributed by atoms with Crippen LogP contribution in [0.3, 0.4) is 0 Å². The molecule has 0 radical (unpaired) electrons. The highest BCUT2D eigenvalue weighted by atomic mass is 127. The molecule has 0 aliphatic carbocycles. The molecule has 3 rings (SSSR count). The highest BCUT2D eigenvalue weighted by Gasteiger charge is 2.23. The van der Waals surface area contributed by atoms with Gasteiger partial charge >= 0.3 is 0 Å². The van der Waals surface area contributed by atoms with Gasteiger partial charge in [-0.25, -0.2) is 0 Å². The maximum atomic E-state index is 12.5. The number of rotatable bonds is 6. The number of nitrogens with one attached hydrogen (secondary N) is 1. The van der Waals surface area contributed by atoms with Crippen molar-refractivity contribution in [1.82, 2.24) is 10.2 Å². The summed E-state index contributed by atoms with van der Waals surface area (Å²) < 4.78 is 0. The van der Waals surface area contributed by atoms with Gasteiger partial charge in [-0.3, -0.25) is 9.79 Å². The molecule has 2 aromatic rings. The highest BCUT2D eigenvalue weighted by Crippen LogP contribution is 2.27. The second-order valence-electron chi connectivity index (χ2n) is 6.49. The van der Waals surface area contributed by atoms with E-state index in [9.17, 15) is 4.79 Å². The van der Waals surface area contributed by atoms with E-state index in [0.29, 0.717) is 6.42 Å². The van der Waals surface area contributed by atoms with Crippen molar-refractivity contribution in [3.05, 3.63) is 52.2 Å². The molecular weight excluding hydrogens is 471 g/mol. The largest absolute Gasteiger partial charge is 0.356 e. The van der Waals surface area contributed by atoms with E-state index in [1.165, 1.54) is 11.1 Å². The van der Waals surface area contributed by atoms with Crippen molar-refractivity contribution in [2.75, 3.05) is 32.1 Å². The van der Waals surface area contributed by atoms with Crippen molar-refractivity contribution in [3.8, 4) is 0 Å². The molecule has 1 amide bonds. The van der Waals surface area contributed by atoms with E-state index in [4.69, 9.17) is 0 Å². The van der Waals surface area contributed by atoms with Crippen LogP contribution < -0.4 is 10.2 Å². The summed E-state index contributed by atoms with van der Waals surface area (Å²) in [6, 6.07) is 10.3. The Morgan fingerprint density at radius 1 is 1.33 bits per heavy atom. The van der Waals surface area contributed by atoms with Crippen molar-refractivity contribution < 1.29 is 4.79 Å². The van der Waals surface area contributed by atoms with Crippen LogP contribution >= 0.6 is 35.3 Å². The molecule has 1 aromatic heterocycles. The molecule has 146 valence electrons. The maximum absolute atomic E-state index is 12.5. The summed E-state index contributed by atoms with van der Waals surface area (Å²) in [5, 5.41) is 7.59. The lowest BCUT2D eigenvalue weighted by molar-refractivity contribution is -0.118. The fraction of sp³-hybridized carbons (Fsp3) is 0.400. The van der Waals surface area contributed by atoms with E-state index in [1.807, 2.05) is 30.1 Å². The standard InChI is InChI=1S/C20H26N4OS.HI/c1-21-20(23(2)14-16-10-13-26-15-16)22-11-5-8-19(25)24-12-9-17-6-3-4-7-18(17)24;/h3-4,6-7,10,13,15H,5,8-9,11-12,14H2,1-2H3,(H,21,22);1H. The van der Waals surface area contributed by atoms with Crippen LogP contribution in [0.25, 0.3) is 0 Å². The molecule has 27 heavy (non-hydrogen) atoms. The van der Waals surface area contributed by atoms with Gasteiger partial charge in [0, 0.05) is 45.8 Å². The van der Waals surface area contributed by atoms with E-state index in [0.717, 1.165) is 44.1 Å². The number of carbonyl (C=O) groups excluding carboxylic acids is 1. The number of para-hydroxylation sites is 1. The molecule has 1 aliphatic rings. The molecule has 0 bridgehead atoms. The lowest BCUT2D eigenvalue weighted by atomic mass is 10.2. The number of guanidine groups is 1. The summed E-state index contributed by atoms with van der Waals surface area (Å²) in [6.07, 6.45) is 2.30. The Balaban J connectivity index is 0.00000261. The molecule has 0 saturated carbocycles. The zero-order valence-corrected chi connectivity index (χ0v) is 19.0. The first kappa shape index (κ1) is 21.7. The van der Waals surface area contributed by atoms with Crippen LogP contribution in [-0.2, 0) is 17.8 Å². The predicted octanol–water partition coefficient (Wildman–Crippen LogP) is 3.74. The number of amides is 1. The topological polar surface area (TPSA) is 47.9 Å². The van der Waals surface area contributed by atoms with Crippen LogP contribution in [0, 0.1) is 0 Å². The monoisotopic (exact) mass is 498 g/mol. The van der Waals surface area contributed by atoms with Crippen molar-refractivity contribution in [2.45, 2.75) is 25.8 Å². The molecule has 1 N–H and O–H groups in total. The second-order valence-corrected chi connectivity index (χ2v) is 7.27. The zero-order valence-electron chi connectivity index (χ0n) is 15.9. The Kier molecular flexibility index (Phi) is 8.56. The Morgan fingerprint density at radius 2 is 2.15 bits per heavy atom. The predicted molar refractivity (Wildman–Crippen MR) is 124 cm³/mol. The number of aliphatic imine (C=N–C) groups is 1. The molecule has 7 heteroatoms. The first-order valence-electron chi connectivity index (χ1n) is 9.00. The number of benzene rings is 1. The third kappa shape index (κ3) is 5.68. The number of anilines is 1. The number of hydrogen-bond acceptors (Lipinski definition) is 3. The van der Waals surface area contributed by atoms with Crippen molar-refractivity contribution in [2.24, 2.45) is 4.99 Å². The van der Waals surface area contributed by atoms with Gasteiger partial charge < -0.3 is 15.1 Å². The number of halogens is 1. The summed E-state index contributed by atoms with van der Waals surface area (Å²) >= 11 is 1.70. The summed E-state index contributed by atoms with van der Waals surface area (Å²) in [4.78, 5) is 20.9. The van der Waals surface area contributed by atoms with Gasteiger partial charge in [-0.15, -0.1) is 24.0 Å². The Hall–Kier alpha value is -1.61. The lowest BCUT2D eigenvalue weighted by Crippen LogP contribution is -2.39. The molecule has 2 heterocycles. The quantitative estimate of drug-likeness (QED) is 0.286. The highest BCUT2D eigenvalue weighted by molar-refractivity contribution is 14.0. The van der Waals surface area contributed by atoms with Gasteiger partial charge in [-0.05, 0) is 46.9 Å². The van der Waals surface area contributed by atoms with Crippen molar-refractivity contribution in [3.63, 3.8) is 0 Å². The van der Waals surface area contributed by atoms with Gasteiger partial charge in [0.1, 0.15) is 0 Å². The number of thiophene rings is 1. The normalized spacial score (nSPS) is 13.1. The molecule has 0 unspecified atom stereocenters. The number of hydrogen-bond donors (Lipinski definition) is 1. The minimum absolute atomic E-state index is 0. The average molecular weight is 498 g/mol. The maximum Gasteiger partial charge on any atom is 0.227 e. The van der Waals surface area contributed by atoms with E-state index in [2.05, 4.69) is 38.1 Å². The summed E-state index contributed by atoms with van der Waals surface area (Å²) in [6.45, 7) is 2.37. The van der Waals surface area contributed by atoms with Gasteiger partial charge in [0.15, 0.2) is 5.96 Å². The third-order valence-corrected chi connectivity index (χ3v) is 5.34. The van der Waals surface area contributed by atoms with Gasteiger partial charge in [0.25, 0.3) is 0 Å². The lowest BCUT2D eigenvalue weighted by Gasteiger charge is -2.22. The smallest absolute Gasteiger partial charge is 0.227 e. The fourth-order valence-corrected chi connectivity index (χ4v) is 3.95. The number of nitrogens with zero attached hydrogens (tertiary/aromatic N) is 3. The van der Waals surface area contributed by atoms with Gasteiger partial charge in [-0.2, -0.15) is 11.3 Å². The Labute approximate surface area is 182 Å². The molecule has 0 atom stereocenters. The Bertz CT molecular complexity index is 763. The molecule has 1 aromatic carbocycles. The third-order valence-electron chi connectivity index (χ3n) is 4.61. The summed E-state index contributed by atoms with van der Waals surface area (Å²) in [5.74, 6) is 1.06. The molecule has 5 nitrogen and oxygen atoms in total. The van der Waals surface area contributed by atoms with E-state index in [-0.39, 0.29) is 29.9 Å². The van der Waals surface area contributed by atoms with Gasteiger partial charge in [-0.1, -0.05) is 18.2 Å². The first-order chi connectivity index (χ1) is 12.7. The number of fused-ring (bicyclic) bond motifs is 1. The van der Waals surface area contributed by atoms with E-state index >= 15 is 0 Å². The molecular formula is C20H27IN4OS. The van der Waals surface area contributed by atoms with Crippen LogP contribution in [0.5, 0.6) is 0 Å². The van der Waals surface area contributed by atoms with Crippen LogP contribution in [0.2, 0.25) is 0 Å². The minimum atomic E-state index is 0. The van der Waals surface area contributed by atoms with Crippen LogP contribution in [0.4, 0.5) is 5.69 Å². The minimum Gasteiger partial charge on any atom is -0.356 e. The van der Waals surface area contributed by atoms with Crippen molar-refractivity contribution in [1.29, 1.82) is 0 Å². The van der Waals surface area contributed by atoms with Gasteiger partial charge in [0.2, 0.25) is 5.91 Å². The fourth-order valence-electron chi connectivity index (χ4n) is 3.29. The zero-order chi connectivity index (χ0) is 18.4. The van der Waals surface area contributed by atoms with E-state index in [1.54, 1.807) is 18.4 Å². The van der Waals surface area contributed by atoms with Crippen molar-refractivity contribution >= 4 is 52.9 Å². The van der Waals surface area contributed by atoms with Gasteiger partial charge in [0.05, 0.1) is 0 Å².